The number of amides is 1. The quantitative estimate of drug-likeness (QED) is 0.810. The van der Waals surface area contributed by atoms with Crippen LogP contribution in [0, 0.1) is 5.92 Å². The number of nitrogens with zero attached hydrogens (tertiary/aromatic N) is 2. The Bertz CT molecular complexity index is 356. The number of hydrogen-bond donors (Lipinski definition) is 2. The smallest absolute Gasteiger partial charge is 0.248 e. The predicted octanol–water partition coefficient (Wildman–Crippen LogP) is 1.57. The molecule has 1 aromatic rings. The number of hydrogen-bond acceptors (Lipinski definition) is 3. The van der Waals surface area contributed by atoms with Crippen molar-refractivity contribution in [3.05, 3.63) is 6.33 Å². The zero-order valence-corrected chi connectivity index (χ0v) is 8.54. The van der Waals surface area contributed by atoms with Gasteiger partial charge in [0, 0.05) is 18.8 Å². The van der Waals surface area contributed by atoms with Gasteiger partial charge in [-0.25, -0.2) is 13.9 Å². The highest BCUT2D eigenvalue weighted by Crippen LogP contribution is 2.36. The van der Waals surface area contributed by atoms with Crippen molar-refractivity contribution in [2.24, 2.45) is 5.92 Å². The van der Waals surface area contributed by atoms with Gasteiger partial charge in [0.05, 0.1) is 0 Å². The minimum absolute atomic E-state index is 0.215. The van der Waals surface area contributed by atoms with Gasteiger partial charge in [-0.3, -0.25) is 10.1 Å². The van der Waals surface area contributed by atoms with Crippen LogP contribution in [0.15, 0.2) is 6.33 Å². The second-order valence-corrected chi connectivity index (χ2v) is 3.95. The first-order chi connectivity index (χ1) is 7.57. The van der Waals surface area contributed by atoms with Crippen molar-refractivity contribution in [2.75, 3.05) is 5.32 Å². The van der Waals surface area contributed by atoms with Crippen LogP contribution < -0.4 is 5.32 Å². The minimum atomic E-state index is -2.61. The summed E-state index contributed by atoms with van der Waals surface area (Å²) in [4.78, 5) is 15.4. The number of aromatic nitrogens is 3. The monoisotopic (exact) mass is 230 g/mol. The summed E-state index contributed by atoms with van der Waals surface area (Å²) in [5.41, 5.74) is 0. The van der Waals surface area contributed by atoms with Crippen LogP contribution >= 0.6 is 0 Å². The van der Waals surface area contributed by atoms with Gasteiger partial charge in [0.25, 0.3) is 0 Å². The second kappa shape index (κ2) is 4.15. The topological polar surface area (TPSA) is 70.7 Å². The zero-order valence-electron chi connectivity index (χ0n) is 8.54. The van der Waals surface area contributed by atoms with E-state index in [4.69, 9.17) is 0 Å². The lowest BCUT2D eigenvalue weighted by atomic mass is 9.86. The highest BCUT2D eigenvalue weighted by atomic mass is 19.3. The molecular formula is C9H12F2N4O. The molecule has 0 spiro atoms. The summed E-state index contributed by atoms with van der Waals surface area (Å²) in [5.74, 6) is -2.98. The number of alkyl halides is 2. The average molecular weight is 230 g/mol. The Labute approximate surface area is 90.6 Å². The maximum absolute atomic E-state index is 12.9. The fourth-order valence-corrected chi connectivity index (χ4v) is 1.79. The van der Waals surface area contributed by atoms with Crippen molar-refractivity contribution in [2.45, 2.75) is 31.6 Å². The van der Waals surface area contributed by atoms with E-state index in [0.717, 1.165) is 0 Å². The number of aromatic amines is 1. The molecule has 1 amide bonds. The Morgan fingerprint density at radius 3 is 2.75 bits per heavy atom. The molecule has 0 aromatic carbocycles. The van der Waals surface area contributed by atoms with E-state index < -0.39 is 5.92 Å². The maximum Gasteiger partial charge on any atom is 0.248 e. The standard InChI is InChI=1S/C9H12F2N4O/c10-9(11)3-1-6(2-4-9)7(16)14-8-12-5-13-15-8/h5-6H,1-4H2,(H2,12,13,14,15,16). The Morgan fingerprint density at radius 2 is 2.19 bits per heavy atom. The molecule has 1 saturated carbocycles. The van der Waals surface area contributed by atoms with Crippen molar-refractivity contribution >= 4 is 11.9 Å². The van der Waals surface area contributed by atoms with Crippen LogP contribution in [0.2, 0.25) is 0 Å². The third kappa shape index (κ3) is 2.53. The molecule has 0 bridgehead atoms. The number of nitrogens with one attached hydrogen (secondary N) is 2. The molecule has 2 rings (SSSR count). The number of H-pyrrole nitrogens is 1. The highest BCUT2D eigenvalue weighted by Gasteiger charge is 2.37. The summed E-state index contributed by atoms with van der Waals surface area (Å²) in [6.45, 7) is 0. The Hall–Kier alpha value is -1.53. The first kappa shape index (κ1) is 11.0. The van der Waals surface area contributed by atoms with E-state index in [0.29, 0.717) is 0 Å². The molecule has 1 aromatic heterocycles. The van der Waals surface area contributed by atoms with Gasteiger partial charge in [-0.15, -0.1) is 0 Å². The lowest BCUT2D eigenvalue weighted by Crippen LogP contribution is -2.32. The van der Waals surface area contributed by atoms with E-state index in [1.807, 2.05) is 0 Å². The third-order valence-electron chi connectivity index (χ3n) is 2.74. The largest absolute Gasteiger partial charge is 0.295 e. The SMILES string of the molecule is O=C(Nc1ncn[nH]1)C1CCC(F)(F)CC1. The molecule has 16 heavy (non-hydrogen) atoms. The molecule has 1 fully saturated rings. The molecule has 0 aliphatic heterocycles. The molecule has 88 valence electrons. The fourth-order valence-electron chi connectivity index (χ4n) is 1.79. The molecule has 5 nitrogen and oxygen atoms in total. The number of carbonyl (C=O) groups is 1. The van der Waals surface area contributed by atoms with E-state index in [1.165, 1.54) is 6.33 Å². The van der Waals surface area contributed by atoms with Crippen LogP contribution in [0.4, 0.5) is 14.7 Å². The van der Waals surface area contributed by atoms with E-state index >= 15 is 0 Å². The fraction of sp³-hybridized carbons (Fsp3) is 0.667. The van der Waals surface area contributed by atoms with E-state index in [9.17, 15) is 13.6 Å². The Morgan fingerprint density at radius 1 is 1.50 bits per heavy atom. The Balaban J connectivity index is 1.87. The normalized spacial score (nSPS) is 20.6. The molecule has 2 N–H and O–H groups in total. The van der Waals surface area contributed by atoms with E-state index in [-0.39, 0.29) is 43.5 Å². The van der Waals surface area contributed by atoms with Gasteiger partial charge in [0.2, 0.25) is 17.8 Å². The van der Waals surface area contributed by atoms with Crippen LogP contribution in [0.25, 0.3) is 0 Å². The number of rotatable bonds is 2. The average Bonchev–Trinajstić information content (AvgIpc) is 2.70. The van der Waals surface area contributed by atoms with Crippen LogP contribution in [0.1, 0.15) is 25.7 Å². The van der Waals surface area contributed by atoms with Gasteiger partial charge in [-0.05, 0) is 12.8 Å². The summed E-state index contributed by atoms with van der Waals surface area (Å²) in [5, 5.41) is 8.56. The minimum Gasteiger partial charge on any atom is -0.295 e. The first-order valence-corrected chi connectivity index (χ1v) is 5.11. The van der Waals surface area contributed by atoms with Crippen LogP contribution in [0.5, 0.6) is 0 Å². The predicted molar refractivity (Wildman–Crippen MR) is 51.9 cm³/mol. The van der Waals surface area contributed by atoms with Gasteiger partial charge in [0.1, 0.15) is 6.33 Å². The molecule has 0 unspecified atom stereocenters. The maximum atomic E-state index is 12.9. The third-order valence-corrected chi connectivity index (χ3v) is 2.74. The summed E-state index contributed by atoms with van der Waals surface area (Å²) in [7, 11) is 0. The van der Waals surface area contributed by atoms with Gasteiger partial charge in [-0.2, -0.15) is 10.1 Å². The van der Waals surface area contributed by atoms with Gasteiger partial charge >= 0.3 is 0 Å². The molecule has 0 atom stereocenters. The molecule has 1 aliphatic carbocycles. The lowest BCUT2D eigenvalue weighted by molar-refractivity contribution is -0.124. The number of carbonyl (C=O) groups excluding carboxylic acids is 1. The second-order valence-electron chi connectivity index (χ2n) is 3.95. The lowest BCUT2D eigenvalue weighted by Gasteiger charge is -2.26. The number of anilines is 1. The van der Waals surface area contributed by atoms with E-state index in [1.54, 1.807) is 0 Å². The van der Waals surface area contributed by atoms with Crippen LogP contribution in [0.3, 0.4) is 0 Å². The molecule has 1 aliphatic rings. The van der Waals surface area contributed by atoms with E-state index in [2.05, 4.69) is 20.5 Å². The molecular weight excluding hydrogens is 218 g/mol. The van der Waals surface area contributed by atoms with Crippen molar-refractivity contribution < 1.29 is 13.6 Å². The van der Waals surface area contributed by atoms with Crippen LogP contribution in [-0.4, -0.2) is 27.0 Å². The van der Waals surface area contributed by atoms with Crippen molar-refractivity contribution in [3.8, 4) is 0 Å². The van der Waals surface area contributed by atoms with Crippen molar-refractivity contribution in [1.82, 2.24) is 15.2 Å². The van der Waals surface area contributed by atoms with Crippen LogP contribution in [-0.2, 0) is 4.79 Å². The first-order valence-electron chi connectivity index (χ1n) is 5.11. The van der Waals surface area contributed by atoms with Gasteiger partial charge < -0.3 is 0 Å². The summed E-state index contributed by atoms with van der Waals surface area (Å²) in [6.07, 6.45) is 1.26. The molecule has 0 radical (unpaired) electrons. The van der Waals surface area contributed by atoms with Gasteiger partial charge in [0.15, 0.2) is 0 Å². The molecule has 0 saturated heterocycles. The van der Waals surface area contributed by atoms with Gasteiger partial charge in [-0.1, -0.05) is 0 Å². The molecule has 7 heteroatoms. The summed E-state index contributed by atoms with van der Waals surface area (Å²) < 4.78 is 25.7. The number of halogens is 2. The summed E-state index contributed by atoms with van der Waals surface area (Å²) >= 11 is 0. The zero-order chi connectivity index (χ0) is 11.6. The summed E-state index contributed by atoms with van der Waals surface area (Å²) in [6, 6.07) is 0. The molecule has 1 heterocycles. The van der Waals surface area contributed by atoms with Crippen molar-refractivity contribution in [1.29, 1.82) is 0 Å². The highest BCUT2D eigenvalue weighted by molar-refractivity contribution is 5.90. The van der Waals surface area contributed by atoms with Crippen molar-refractivity contribution in [3.63, 3.8) is 0 Å². The Kier molecular flexibility index (Phi) is 2.84.